The van der Waals surface area contributed by atoms with Gasteiger partial charge in [-0.3, -0.25) is 0 Å². The lowest BCUT2D eigenvalue weighted by molar-refractivity contribution is -0.0943. The van der Waals surface area contributed by atoms with Crippen LogP contribution >= 0.6 is 0 Å². The summed E-state index contributed by atoms with van der Waals surface area (Å²) in [6.45, 7) is 11.4. The normalized spacial score (nSPS) is 21.0. The standard InChI is InChI=1S/C16H29N3O/c1-5-17-11-13-12-18-14(19-13)16(20-6-2)9-7-15(3,4)8-10-16/h12,17H,5-11H2,1-4H3,(H,18,19). The third kappa shape index (κ3) is 3.41. The van der Waals surface area contributed by atoms with Gasteiger partial charge in [-0.2, -0.15) is 0 Å². The second kappa shape index (κ2) is 6.27. The van der Waals surface area contributed by atoms with E-state index < -0.39 is 0 Å². The molecule has 1 fully saturated rings. The molecule has 0 atom stereocenters. The van der Waals surface area contributed by atoms with Crippen molar-refractivity contribution < 1.29 is 4.74 Å². The Bertz CT molecular complexity index is 415. The first-order valence-corrected chi connectivity index (χ1v) is 7.90. The van der Waals surface area contributed by atoms with Gasteiger partial charge in [-0.25, -0.2) is 4.98 Å². The highest BCUT2D eigenvalue weighted by Gasteiger charge is 2.42. The first kappa shape index (κ1) is 15.5. The highest BCUT2D eigenvalue weighted by molar-refractivity contribution is 5.11. The summed E-state index contributed by atoms with van der Waals surface area (Å²) in [5.74, 6) is 1.02. The summed E-state index contributed by atoms with van der Waals surface area (Å²) in [7, 11) is 0. The lowest BCUT2D eigenvalue weighted by Gasteiger charge is -2.42. The largest absolute Gasteiger partial charge is 0.367 e. The predicted octanol–water partition coefficient (Wildman–Crippen LogP) is 3.35. The van der Waals surface area contributed by atoms with Crippen molar-refractivity contribution in [2.24, 2.45) is 5.41 Å². The van der Waals surface area contributed by atoms with Gasteiger partial charge in [0.1, 0.15) is 11.4 Å². The lowest BCUT2D eigenvalue weighted by atomic mass is 9.70. The summed E-state index contributed by atoms with van der Waals surface area (Å²) in [6, 6.07) is 0. The maximum atomic E-state index is 6.15. The second-order valence-electron chi connectivity index (χ2n) is 6.63. The fourth-order valence-electron chi connectivity index (χ4n) is 3.00. The van der Waals surface area contributed by atoms with E-state index in [0.717, 1.165) is 44.1 Å². The number of aromatic amines is 1. The van der Waals surface area contributed by atoms with Crippen LogP contribution in [0.1, 0.15) is 64.9 Å². The molecule has 0 aliphatic heterocycles. The molecular formula is C16H29N3O. The first-order chi connectivity index (χ1) is 9.51. The van der Waals surface area contributed by atoms with E-state index in [-0.39, 0.29) is 5.60 Å². The molecule has 114 valence electrons. The Morgan fingerprint density at radius 1 is 1.25 bits per heavy atom. The average molecular weight is 279 g/mol. The number of imidazole rings is 1. The zero-order chi connectivity index (χ0) is 14.6. The molecule has 0 bridgehead atoms. The molecule has 4 heteroatoms. The van der Waals surface area contributed by atoms with Gasteiger partial charge in [0.25, 0.3) is 0 Å². The van der Waals surface area contributed by atoms with Gasteiger partial charge >= 0.3 is 0 Å². The monoisotopic (exact) mass is 279 g/mol. The lowest BCUT2D eigenvalue weighted by Crippen LogP contribution is -2.38. The van der Waals surface area contributed by atoms with E-state index in [1.165, 1.54) is 12.8 Å². The molecule has 0 aromatic carbocycles. The molecule has 1 aromatic heterocycles. The minimum Gasteiger partial charge on any atom is -0.367 e. The Balaban J connectivity index is 2.14. The van der Waals surface area contributed by atoms with E-state index in [4.69, 9.17) is 4.74 Å². The highest BCUT2D eigenvalue weighted by atomic mass is 16.5. The minimum absolute atomic E-state index is 0.200. The van der Waals surface area contributed by atoms with Crippen LogP contribution in [0.2, 0.25) is 0 Å². The number of hydrogen-bond donors (Lipinski definition) is 2. The van der Waals surface area contributed by atoms with Gasteiger partial charge in [-0.05, 0) is 44.6 Å². The molecule has 2 N–H and O–H groups in total. The van der Waals surface area contributed by atoms with Crippen LogP contribution in [-0.4, -0.2) is 23.1 Å². The van der Waals surface area contributed by atoms with Crippen LogP contribution in [0.4, 0.5) is 0 Å². The van der Waals surface area contributed by atoms with Crippen molar-refractivity contribution in [3.63, 3.8) is 0 Å². The average Bonchev–Trinajstić information content (AvgIpc) is 2.89. The van der Waals surface area contributed by atoms with Gasteiger partial charge in [-0.15, -0.1) is 0 Å². The van der Waals surface area contributed by atoms with Crippen LogP contribution in [0.3, 0.4) is 0 Å². The molecule has 1 aliphatic carbocycles. The second-order valence-corrected chi connectivity index (χ2v) is 6.63. The SMILES string of the molecule is CCNCc1cnc(C2(OCC)CCC(C)(C)CC2)[nH]1. The summed E-state index contributed by atoms with van der Waals surface area (Å²) in [5.41, 5.74) is 1.37. The van der Waals surface area contributed by atoms with Crippen LogP contribution in [0.5, 0.6) is 0 Å². The third-order valence-corrected chi connectivity index (χ3v) is 4.46. The smallest absolute Gasteiger partial charge is 0.138 e. The molecule has 20 heavy (non-hydrogen) atoms. The number of nitrogens with one attached hydrogen (secondary N) is 2. The fourth-order valence-corrected chi connectivity index (χ4v) is 3.00. The van der Waals surface area contributed by atoms with Crippen molar-refractivity contribution in [1.82, 2.24) is 15.3 Å². The van der Waals surface area contributed by atoms with Crippen molar-refractivity contribution in [3.8, 4) is 0 Å². The molecule has 1 saturated carbocycles. The van der Waals surface area contributed by atoms with Crippen LogP contribution in [-0.2, 0) is 16.9 Å². The topological polar surface area (TPSA) is 49.9 Å². The zero-order valence-corrected chi connectivity index (χ0v) is 13.4. The zero-order valence-electron chi connectivity index (χ0n) is 13.4. The first-order valence-electron chi connectivity index (χ1n) is 7.90. The Morgan fingerprint density at radius 2 is 1.95 bits per heavy atom. The van der Waals surface area contributed by atoms with Crippen molar-refractivity contribution >= 4 is 0 Å². The summed E-state index contributed by atoms with van der Waals surface area (Å²) in [4.78, 5) is 8.08. The predicted molar refractivity (Wildman–Crippen MR) is 81.5 cm³/mol. The summed E-state index contributed by atoms with van der Waals surface area (Å²) in [5, 5.41) is 3.33. The quantitative estimate of drug-likeness (QED) is 0.839. The van der Waals surface area contributed by atoms with E-state index in [0.29, 0.717) is 5.41 Å². The van der Waals surface area contributed by atoms with Gasteiger partial charge in [-0.1, -0.05) is 20.8 Å². The fraction of sp³-hybridized carbons (Fsp3) is 0.812. The summed E-state index contributed by atoms with van der Waals surface area (Å²) < 4.78 is 6.15. The Morgan fingerprint density at radius 3 is 2.55 bits per heavy atom. The van der Waals surface area contributed by atoms with Crippen molar-refractivity contribution in [2.75, 3.05) is 13.2 Å². The number of H-pyrrole nitrogens is 1. The molecule has 0 radical (unpaired) electrons. The van der Waals surface area contributed by atoms with Gasteiger partial charge < -0.3 is 15.0 Å². The summed E-state index contributed by atoms with van der Waals surface area (Å²) in [6.07, 6.45) is 6.44. The van der Waals surface area contributed by atoms with Gasteiger partial charge in [0.15, 0.2) is 0 Å². The maximum Gasteiger partial charge on any atom is 0.138 e. The van der Waals surface area contributed by atoms with Gasteiger partial charge in [0, 0.05) is 25.0 Å². The van der Waals surface area contributed by atoms with Crippen molar-refractivity contribution in [2.45, 2.75) is 65.5 Å². The van der Waals surface area contributed by atoms with Gasteiger partial charge in [0.05, 0.1) is 0 Å². The molecule has 0 saturated heterocycles. The van der Waals surface area contributed by atoms with E-state index in [1.54, 1.807) is 0 Å². The van der Waals surface area contributed by atoms with Crippen LogP contribution in [0.25, 0.3) is 0 Å². The van der Waals surface area contributed by atoms with Crippen LogP contribution in [0, 0.1) is 5.41 Å². The maximum absolute atomic E-state index is 6.15. The van der Waals surface area contributed by atoms with E-state index in [2.05, 4.69) is 43.0 Å². The van der Waals surface area contributed by atoms with E-state index >= 15 is 0 Å². The van der Waals surface area contributed by atoms with Gasteiger partial charge in [0.2, 0.25) is 0 Å². The molecule has 0 unspecified atom stereocenters. The molecule has 1 heterocycles. The van der Waals surface area contributed by atoms with Crippen molar-refractivity contribution in [1.29, 1.82) is 0 Å². The number of aromatic nitrogens is 2. The third-order valence-electron chi connectivity index (χ3n) is 4.46. The summed E-state index contributed by atoms with van der Waals surface area (Å²) >= 11 is 0. The Labute approximate surface area is 122 Å². The minimum atomic E-state index is -0.200. The number of nitrogens with zero attached hydrogens (tertiary/aromatic N) is 1. The molecule has 4 nitrogen and oxygen atoms in total. The molecule has 0 spiro atoms. The molecule has 1 aromatic rings. The van der Waals surface area contributed by atoms with E-state index in [1.807, 2.05) is 6.20 Å². The highest BCUT2D eigenvalue weighted by Crippen LogP contribution is 2.46. The van der Waals surface area contributed by atoms with E-state index in [9.17, 15) is 0 Å². The van der Waals surface area contributed by atoms with Crippen LogP contribution in [0.15, 0.2) is 6.20 Å². The molecule has 2 rings (SSSR count). The molecular weight excluding hydrogens is 250 g/mol. The molecule has 0 amide bonds. The molecule has 1 aliphatic rings. The Kier molecular flexibility index (Phi) is 4.86. The number of rotatable bonds is 6. The number of hydrogen-bond acceptors (Lipinski definition) is 3. The van der Waals surface area contributed by atoms with Crippen molar-refractivity contribution in [3.05, 3.63) is 17.7 Å². The van der Waals surface area contributed by atoms with Crippen LogP contribution < -0.4 is 5.32 Å². The number of ether oxygens (including phenoxy) is 1. The Hall–Kier alpha value is -0.870.